The van der Waals surface area contributed by atoms with Crippen molar-refractivity contribution < 1.29 is 19.0 Å². The molecule has 16 heavy (non-hydrogen) atoms. The Morgan fingerprint density at radius 2 is 1.75 bits per heavy atom. The van der Waals surface area contributed by atoms with Gasteiger partial charge >= 0.3 is 5.97 Å². The standard InChI is InChI=1S/C12H24O4/c1-6-8-9(3)10(11(13)16-7-2)12(14-4)15-5/h9-10,12H,6-8H2,1-5H3. The van der Waals surface area contributed by atoms with Crippen molar-refractivity contribution in [2.75, 3.05) is 20.8 Å². The van der Waals surface area contributed by atoms with E-state index in [1.165, 1.54) is 0 Å². The fourth-order valence-corrected chi connectivity index (χ4v) is 1.87. The molecule has 0 aromatic heterocycles. The Balaban J connectivity index is 4.65. The van der Waals surface area contributed by atoms with Gasteiger partial charge in [-0.15, -0.1) is 0 Å². The van der Waals surface area contributed by atoms with Gasteiger partial charge in [-0.05, 0) is 19.3 Å². The number of ether oxygens (including phenoxy) is 3. The van der Waals surface area contributed by atoms with Gasteiger partial charge in [-0.3, -0.25) is 4.79 Å². The highest BCUT2D eigenvalue weighted by molar-refractivity contribution is 5.73. The van der Waals surface area contributed by atoms with E-state index in [9.17, 15) is 4.79 Å². The Kier molecular flexibility index (Phi) is 8.21. The SMILES string of the molecule is CCCC(C)C(C(=O)OCC)C(OC)OC. The molecule has 2 atom stereocenters. The molecule has 0 heterocycles. The summed E-state index contributed by atoms with van der Waals surface area (Å²) in [6.07, 6.45) is 1.45. The fourth-order valence-electron chi connectivity index (χ4n) is 1.87. The number of carbonyl (C=O) groups excluding carboxylic acids is 1. The summed E-state index contributed by atoms with van der Waals surface area (Å²) in [5, 5.41) is 0. The molecule has 0 bridgehead atoms. The van der Waals surface area contributed by atoms with Crippen LogP contribution in [-0.4, -0.2) is 33.1 Å². The van der Waals surface area contributed by atoms with Crippen molar-refractivity contribution in [3.05, 3.63) is 0 Å². The molecule has 0 rings (SSSR count). The lowest BCUT2D eigenvalue weighted by Crippen LogP contribution is -2.37. The molecule has 0 aliphatic rings. The van der Waals surface area contributed by atoms with Crippen LogP contribution in [-0.2, 0) is 19.0 Å². The van der Waals surface area contributed by atoms with Gasteiger partial charge in [0.2, 0.25) is 0 Å². The largest absolute Gasteiger partial charge is 0.466 e. The normalized spacial score (nSPS) is 14.9. The first kappa shape index (κ1) is 15.4. The quantitative estimate of drug-likeness (QED) is 0.475. The molecule has 0 fully saturated rings. The van der Waals surface area contributed by atoms with Crippen molar-refractivity contribution in [3.8, 4) is 0 Å². The van der Waals surface area contributed by atoms with Gasteiger partial charge in [0, 0.05) is 14.2 Å². The molecule has 0 saturated heterocycles. The predicted octanol–water partition coefficient (Wildman–Crippen LogP) is 2.22. The van der Waals surface area contributed by atoms with Gasteiger partial charge < -0.3 is 14.2 Å². The third-order valence-corrected chi connectivity index (χ3v) is 2.67. The minimum absolute atomic E-state index is 0.189. The molecule has 0 aliphatic carbocycles. The van der Waals surface area contributed by atoms with Gasteiger partial charge in [-0.1, -0.05) is 20.3 Å². The molecule has 0 spiro atoms. The van der Waals surface area contributed by atoms with Crippen LogP contribution in [0.2, 0.25) is 0 Å². The summed E-state index contributed by atoms with van der Waals surface area (Å²) in [6.45, 7) is 6.30. The van der Waals surface area contributed by atoms with Gasteiger partial charge in [0.25, 0.3) is 0 Å². The molecule has 0 amide bonds. The highest BCUT2D eigenvalue weighted by atomic mass is 16.7. The third kappa shape index (κ3) is 4.49. The first-order valence-electron chi connectivity index (χ1n) is 5.84. The topological polar surface area (TPSA) is 44.8 Å². The summed E-state index contributed by atoms with van der Waals surface area (Å²) in [4.78, 5) is 11.8. The number of hydrogen-bond donors (Lipinski definition) is 0. The van der Waals surface area contributed by atoms with E-state index in [4.69, 9.17) is 14.2 Å². The highest BCUT2D eigenvalue weighted by Gasteiger charge is 2.34. The van der Waals surface area contributed by atoms with Crippen molar-refractivity contribution in [2.45, 2.75) is 39.9 Å². The van der Waals surface area contributed by atoms with E-state index in [1.807, 2.05) is 6.92 Å². The van der Waals surface area contributed by atoms with Crippen LogP contribution >= 0.6 is 0 Å². The summed E-state index contributed by atoms with van der Waals surface area (Å²) in [5.41, 5.74) is 0. The number of rotatable bonds is 8. The first-order chi connectivity index (χ1) is 7.62. The van der Waals surface area contributed by atoms with Gasteiger partial charge in [0.05, 0.1) is 6.61 Å². The molecular weight excluding hydrogens is 208 g/mol. The lowest BCUT2D eigenvalue weighted by atomic mass is 9.89. The summed E-state index contributed by atoms with van der Waals surface area (Å²) in [5.74, 6) is -0.402. The molecule has 2 unspecified atom stereocenters. The van der Waals surface area contributed by atoms with Crippen LogP contribution in [0.5, 0.6) is 0 Å². The fraction of sp³-hybridized carbons (Fsp3) is 0.917. The molecule has 0 saturated carbocycles. The maximum atomic E-state index is 11.8. The summed E-state index contributed by atoms with van der Waals surface area (Å²) in [6, 6.07) is 0. The molecule has 0 aromatic carbocycles. The first-order valence-corrected chi connectivity index (χ1v) is 5.84. The molecule has 0 aliphatic heterocycles. The van der Waals surface area contributed by atoms with Crippen molar-refractivity contribution in [3.63, 3.8) is 0 Å². The molecule has 0 radical (unpaired) electrons. The predicted molar refractivity (Wildman–Crippen MR) is 62.0 cm³/mol. The zero-order chi connectivity index (χ0) is 12.6. The van der Waals surface area contributed by atoms with Crippen molar-refractivity contribution in [1.82, 2.24) is 0 Å². The molecule has 96 valence electrons. The van der Waals surface area contributed by atoms with Crippen LogP contribution in [0.1, 0.15) is 33.6 Å². The second kappa shape index (κ2) is 8.53. The Hall–Kier alpha value is -0.610. The Morgan fingerprint density at radius 1 is 1.19 bits per heavy atom. The Labute approximate surface area is 98.3 Å². The Morgan fingerprint density at radius 3 is 2.12 bits per heavy atom. The zero-order valence-corrected chi connectivity index (χ0v) is 11.0. The van der Waals surface area contributed by atoms with Crippen LogP contribution in [0.25, 0.3) is 0 Å². The summed E-state index contributed by atoms with van der Waals surface area (Å²) >= 11 is 0. The molecule has 4 heteroatoms. The second-order valence-electron chi connectivity index (χ2n) is 3.88. The number of carbonyl (C=O) groups is 1. The minimum atomic E-state index is -0.527. The van der Waals surface area contributed by atoms with Crippen molar-refractivity contribution in [1.29, 1.82) is 0 Å². The maximum Gasteiger partial charge on any atom is 0.314 e. The lowest BCUT2D eigenvalue weighted by Gasteiger charge is -2.27. The zero-order valence-electron chi connectivity index (χ0n) is 11.0. The van der Waals surface area contributed by atoms with E-state index < -0.39 is 6.29 Å². The van der Waals surface area contributed by atoms with Crippen LogP contribution in [0.15, 0.2) is 0 Å². The van der Waals surface area contributed by atoms with Gasteiger partial charge in [-0.25, -0.2) is 0 Å². The van der Waals surface area contributed by atoms with Crippen molar-refractivity contribution >= 4 is 5.97 Å². The number of esters is 1. The smallest absolute Gasteiger partial charge is 0.314 e. The molecule has 0 N–H and O–H groups in total. The Bertz CT molecular complexity index is 189. The van der Waals surface area contributed by atoms with E-state index in [0.29, 0.717) is 6.61 Å². The van der Waals surface area contributed by atoms with E-state index >= 15 is 0 Å². The third-order valence-electron chi connectivity index (χ3n) is 2.67. The van der Waals surface area contributed by atoms with Crippen LogP contribution < -0.4 is 0 Å². The maximum absolute atomic E-state index is 11.8. The second-order valence-corrected chi connectivity index (χ2v) is 3.88. The van der Waals surface area contributed by atoms with Crippen LogP contribution in [0, 0.1) is 11.8 Å². The lowest BCUT2D eigenvalue weighted by molar-refractivity contribution is -0.183. The molecular formula is C12H24O4. The highest BCUT2D eigenvalue weighted by Crippen LogP contribution is 2.24. The minimum Gasteiger partial charge on any atom is -0.466 e. The number of hydrogen-bond acceptors (Lipinski definition) is 4. The van der Waals surface area contributed by atoms with E-state index in [1.54, 1.807) is 21.1 Å². The average Bonchev–Trinajstić information content (AvgIpc) is 2.25. The van der Waals surface area contributed by atoms with Crippen LogP contribution in [0.3, 0.4) is 0 Å². The van der Waals surface area contributed by atoms with Gasteiger partial charge in [0.15, 0.2) is 6.29 Å². The van der Waals surface area contributed by atoms with Gasteiger partial charge in [0.1, 0.15) is 5.92 Å². The summed E-state index contributed by atoms with van der Waals surface area (Å²) < 4.78 is 15.4. The van der Waals surface area contributed by atoms with Crippen molar-refractivity contribution in [2.24, 2.45) is 11.8 Å². The molecule has 4 nitrogen and oxygen atoms in total. The number of methoxy groups -OCH3 is 2. The average molecular weight is 232 g/mol. The van der Waals surface area contributed by atoms with E-state index in [0.717, 1.165) is 12.8 Å². The van der Waals surface area contributed by atoms with E-state index in [2.05, 4.69) is 6.92 Å². The van der Waals surface area contributed by atoms with Crippen LogP contribution in [0.4, 0.5) is 0 Å². The van der Waals surface area contributed by atoms with E-state index in [-0.39, 0.29) is 17.8 Å². The molecule has 0 aromatic rings. The summed E-state index contributed by atoms with van der Waals surface area (Å²) in [7, 11) is 3.08. The monoisotopic (exact) mass is 232 g/mol. The van der Waals surface area contributed by atoms with Gasteiger partial charge in [-0.2, -0.15) is 0 Å².